The van der Waals surface area contributed by atoms with Crippen molar-refractivity contribution in [1.29, 1.82) is 0 Å². The molecular weight excluding hydrogens is 817 g/mol. The molecule has 3 aromatic heterocycles. The summed E-state index contributed by atoms with van der Waals surface area (Å²) >= 11 is 0. The van der Waals surface area contributed by atoms with Crippen LogP contribution in [0.15, 0.2) is 103 Å². The molecule has 8 rings (SSSR count). The minimum Gasteiger partial charge on any atom is -0.456 e. The largest absolute Gasteiger partial charge is 0.456 e. The lowest BCUT2D eigenvalue weighted by atomic mass is 9.88. The minimum absolute atomic E-state index is 0.00248. The smallest absolute Gasteiger partial charge is 0.373 e. The second-order valence-corrected chi connectivity index (χ2v) is 15.4. The predicted molar refractivity (Wildman–Crippen MR) is 240 cm³/mol. The van der Waals surface area contributed by atoms with Crippen LogP contribution in [0.1, 0.15) is 53.6 Å². The molecule has 0 unspecified atom stereocenters. The molecule has 0 atom stereocenters. The van der Waals surface area contributed by atoms with Crippen molar-refractivity contribution in [2.45, 2.75) is 20.4 Å². The lowest BCUT2D eigenvalue weighted by Crippen LogP contribution is -2.28. The number of fused-ring (bicyclic) bond motifs is 3. The van der Waals surface area contributed by atoms with Gasteiger partial charge in [0.1, 0.15) is 22.8 Å². The molecule has 3 N–H and O–H groups in total. The zero-order chi connectivity index (χ0) is 44.9. The Bertz CT molecular complexity index is 3010. The van der Waals surface area contributed by atoms with Gasteiger partial charge in [0.25, 0.3) is 11.8 Å². The minimum atomic E-state index is -1.02. The summed E-state index contributed by atoms with van der Waals surface area (Å²) in [7, 11) is 3.86. The van der Waals surface area contributed by atoms with Crippen LogP contribution in [0.3, 0.4) is 0 Å². The van der Waals surface area contributed by atoms with E-state index in [1.807, 2.05) is 116 Å². The third-order valence-corrected chi connectivity index (χ3v) is 10.7. The molecule has 0 saturated carbocycles. The van der Waals surface area contributed by atoms with Gasteiger partial charge in [0.2, 0.25) is 0 Å². The summed E-state index contributed by atoms with van der Waals surface area (Å²) in [5.74, 6) is -0.558. The van der Waals surface area contributed by atoms with Gasteiger partial charge in [-0.3, -0.25) is 14.5 Å². The van der Waals surface area contributed by atoms with Crippen LogP contribution in [0.5, 0.6) is 11.5 Å². The number of hydrogen-bond donors (Lipinski definition) is 3. The van der Waals surface area contributed by atoms with Gasteiger partial charge in [-0.1, -0.05) is 42.1 Å². The van der Waals surface area contributed by atoms with E-state index in [1.54, 1.807) is 22.9 Å². The highest BCUT2D eigenvalue weighted by atomic mass is 17.1. The van der Waals surface area contributed by atoms with Crippen LogP contribution >= 0.6 is 0 Å². The van der Waals surface area contributed by atoms with E-state index in [0.717, 1.165) is 33.4 Å². The first kappa shape index (κ1) is 43.0. The standard InChI is InChI=1S/C48H46N8O8/c1-29-6-13-37-42(24-29)63-43-27-35(54(4)5)12-15-38(43)44(37)36-14-9-33(26-40(36)48(59)64-60)46(57)49-17-20-61-22-23-62-21-19-55-28-41(52-53-55)32-7-10-34(11-8-32)51-47(58)39-16-18-56-31(3)25-30(2)50-45(39)56/h6-16,18,24-28,60H,1,17,19-23H2,2-5H3,(H,49,57)(H,51,58). The Morgan fingerprint density at radius 2 is 1.61 bits per heavy atom. The van der Waals surface area contributed by atoms with Gasteiger partial charge in [-0.25, -0.2) is 14.5 Å². The molecule has 0 fully saturated rings. The number of anilines is 2. The first-order valence-electron chi connectivity index (χ1n) is 20.5. The van der Waals surface area contributed by atoms with E-state index in [9.17, 15) is 19.6 Å². The molecule has 326 valence electrons. The predicted octanol–water partition coefficient (Wildman–Crippen LogP) is 5.38. The van der Waals surface area contributed by atoms with E-state index in [2.05, 4.69) is 37.4 Å². The lowest BCUT2D eigenvalue weighted by molar-refractivity contribution is -0.182. The molecule has 1 aliphatic heterocycles. The van der Waals surface area contributed by atoms with Gasteiger partial charge >= 0.3 is 5.97 Å². The molecule has 0 saturated heterocycles. The van der Waals surface area contributed by atoms with Crippen molar-refractivity contribution in [3.8, 4) is 22.8 Å². The first-order chi connectivity index (χ1) is 31.0. The SMILES string of the molecule is C=c1ccc2c(c1)Oc1cc(N(C)C)ccc1C=2c1ccc(C(=O)NCCOCCOCCn2cc(-c3ccc(NC(=O)c4ccn5c(C)cc(C)nc45)cc3)nn2)cc1C(=O)OO. The zero-order valence-corrected chi connectivity index (χ0v) is 35.8. The van der Waals surface area contributed by atoms with E-state index < -0.39 is 11.9 Å². The highest BCUT2D eigenvalue weighted by Crippen LogP contribution is 2.39. The molecule has 0 bridgehead atoms. The quantitative estimate of drug-likeness (QED) is 0.0642. The van der Waals surface area contributed by atoms with Gasteiger partial charge in [0, 0.05) is 83.1 Å². The molecule has 2 amide bonds. The van der Waals surface area contributed by atoms with Crippen LogP contribution in [-0.2, 0) is 20.9 Å². The second kappa shape index (κ2) is 18.8. The fourth-order valence-electron chi connectivity index (χ4n) is 7.47. The third-order valence-electron chi connectivity index (χ3n) is 10.7. The maximum absolute atomic E-state index is 13.2. The van der Waals surface area contributed by atoms with Crippen LogP contribution < -0.4 is 30.7 Å². The lowest BCUT2D eigenvalue weighted by Gasteiger charge is -2.24. The number of aryl methyl sites for hydroxylation is 2. The summed E-state index contributed by atoms with van der Waals surface area (Å²) in [6.45, 7) is 9.82. The molecule has 16 nitrogen and oxygen atoms in total. The van der Waals surface area contributed by atoms with Crippen molar-refractivity contribution in [2.24, 2.45) is 0 Å². The number of benzene rings is 4. The molecule has 4 aromatic carbocycles. The zero-order valence-electron chi connectivity index (χ0n) is 35.8. The molecule has 0 aliphatic carbocycles. The third kappa shape index (κ3) is 9.24. The molecule has 4 heterocycles. The van der Waals surface area contributed by atoms with E-state index >= 15 is 0 Å². The van der Waals surface area contributed by atoms with Gasteiger partial charge in [-0.2, -0.15) is 5.26 Å². The van der Waals surface area contributed by atoms with Crippen molar-refractivity contribution in [2.75, 3.05) is 57.3 Å². The number of rotatable bonds is 16. The highest BCUT2D eigenvalue weighted by Gasteiger charge is 2.26. The number of nitrogens with zero attached hydrogens (tertiary/aromatic N) is 6. The van der Waals surface area contributed by atoms with E-state index in [0.29, 0.717) is 76.8 Å². The van der Waals surface area contributed by atoms with Gasteiger partial charge in [0.15, 0.2) is 0 Å². The number of carbonyl (C=O) groups excluding carboxylic acids is 3. The summed E-state index contributed by atoms with van der Waals surface area (Å²) in [6.07, 6.45) is 3.67. The van der Waals surface area contributed by atoms with Crippen LogP contribution in [0, 0.1) is 13.8 Å². The van der Waals surface area contributed by atoms with E-state index in [4.69, 9.17) is 14.2 Å². The number of ether oxygens (including phenoxy) is 3. The summed E-state index contributed by atoms with van der Waals surface area (Å²) in [4.78, 5) is 50.0. The van der Waals surface area contributed by atoms with Gasteiger partial charge in [-0.05, 0) is 79.2 Å². The number of aromatic nitrogens is 5. The van der Waals surface area contributed by atoms with Gasteiger partial charge in [-0.15, -0.1) is 5.10 Å². The first-order valence-corrected chi connectivity index (χ1v) is 20.5. The summed E-state index contributed by atoms with van der Waals surface area (Å²) in [6, 6.07) is 27.1. The van der Waals surface area contributed by atoms with Crippen molar-refractivity contribution in [3.05, 3.63) is 153 Å². The molecule has 16 heteroatoms. The van der Waals surface area contributed by atoms with Gasteiger partial charge in [0.05, 0.1) is 50.3 Å². The molecular formula is C48H46N8O8. The summed E-state index contributed by atoms with van der Waals surface area (Å²) in [5, 5.41) is 25.2. The van der Waals surface area contributed by atoms with Crippen LogP contribution in [0.4, 0.5) is 11.4 Å². The highest BCUT2D eigenvalue weighted by molar-refractivity contribution is 6.08. The number of nitrogens with one attached hydrogen (secondary N) is 2. The average Bonchev–Trinajstić information content (AvgIpc) is 3.95. The monoisotopic (exact) mass is 862 g/mol. The maximum atomic E-state index is 13.2. The van der Waals surface area contributed by atoms with Crippen molar-refractivity contribution >= 4 is 47.0 Å². The fraction of sp³-hybridized carbons (Fsp3) is 0.208. The molecule has 64 heavy (non-hydrogen) atoms. The Morgan fingerprint density at radius 3 is 2.39 bits per heavy atom. The normalized spacial score (nSPS) is 11.7. The van der Waals surface area contributed by atoms with Crippen LogP contribution in [0.25, 0.3) is 29.1 Å². The van der Waals surface area contributed by atoms with Crippen molar-refractivity contribution in [1.82, 2.24) is 29.7 Å². The van der Waals surface area contributed by atoms with Crippen LogP contribution in [0.2, 0.25) is 0 Å². The Balaban J connectivity index is 0.792. The molecule has 0 radical (unpaired) electrons. The Hall–Kier alpha value is -7.66. The summed E-state index contributed by atoms with van der Waals surface area (Å²) < 4.78 is 21.3. The van der Waals surface area contributed by atoms with Crippen molar-refractivity contribution in [3.63, 3.8) is 0 Å². The van der Waals surface area contributed by atoms with Crippen LogP contribution in [-0.4, -0.2) is 94.5 Å². The second-order valence-electron chi connectivity index (χ2n) is 15.4. The van der Waals surface area contributed by atoms with E-state index in [1.165, 1.54) is 6.07 Å². The maximum Gasteiger partial charge on any atom is 0.373 e. The average molecular weight is 863 g/mol. The molecule has 7 aromatic rings. The number of hydrogen-bond acceptors (Lipinski definition) is 12. The summed E-state index contributed by atoms with van der Waals surface area (Å²) in [5.41, 5.74) is 8.08. The van der Waals surface area contributed by atoms with Gasteiger partial charge < -0.3 is 34.1 Å². The molecule has 0 spiro atoms. The van der Waals surface area contributed by atoms with E-state index in [-0.39, 0.29) is 30.2 Å². The van der Waals surface area contributed by atoms with Crippen molar-refractivity contribution < 1.29 is 38.7 Å². The fourth-order valence-corrected chi connectivity index (χ4v) is 7.47. The Labute approximate surface area is 367 Å². The number of carbonyl (C=O) groups is 3. The Kier molecular flexibility index (Phi) is 12.6. The topological polar surface area (TPSA) is 184 Å². The number of amides is 2. The Morgan fingerprint density at radius 1 is 0.828 bits per heavy atom. The molecule has 1 aliphatic rings.